The molecule has 0 heterocycles. The number of para-hydroxylation sites is 1. The van der Waals surface area contributed by atoms with Crippen molar-refractivity contribution in [1.82, 2.24) is 0 Å². The van der Waals surface area contributed by atoms with Crippen LogP contribution < -0.4 is 15.2 Å². The SMILES string of the molecule is C=CCNc1cc(C(=O)O)cc(S(N)(=O)=O)c1Oc1ccccc1. The first-order chi connectivity index (χ1) is 11.3. The van der Waals surface area contributed by atoms with E-state index < -0.39 is 20.9 Å². The van der Waals surface area contributed by atoms with Gasteiger partial charge in [-0.05, 0) is 24.3 Å². The van der Waals surface area contributed by atoms with Crippen molar-refractivity contribution < 1.29 is 23.1 Å². The van der Waals surface area contributed by atoms with Gasteiger partial charge in [0.05, 0.1) is 11.3 Å². The number of rotatable bonds is 7. The molecule has 0 unspecified atom stereocenters. The Bertz CT molecular complexity index is 864. The molecule has 2 rings (SSSR count). The summed E-state index contributed by atoms with van der Waals surface area (Å²) in [5.74, 6) is -0.976. The predicted octanol–water partition coefficient (Wildman–Crippen LogP) is 2.42. The minimum atomic E-state index is -4.21. The van der Waals surface area contributed by atoms with Gasteiger partial charge in [0, 0.05) is 6.54 Å². The lowest BCUT2D eigenvalue weighted by atomic mass is 10.2. The van der Waals surface area contributed by atoms with E-state index >= 15 is 0 Å². The van der Waals surface area contributed by atoms with Crippen molar-refractivity contribution >= 4 is 21.7 Å². The highest BCUT2D eigenvalue weighted by Gasteiger charge is 2.23. The summed E-state index contributed by atoms with van der Waals surface area (Å²) in [6, 6.07) is 10.7. The Morgan fingerprint density at radius 3 is 2.50 bits per heavy atom. The van der Waals surface area contributed by atoms with Crippen molar-refractivity contribution in [2.45, 2.75) is 4.90 Å². The van der Waals surface area contributed by atoms with Crippen molar-refractivity contribution in [3.8, 4) is 11.5 Å². The predicted molar refractivity (Wildman–Crippen MR) is 90.0 cm³/mol. The molecule has 0 aliphatic carbocycles. The number of carboxylic acid groups (broad SMARTS) is 1. The second-order valence-corrected chi connectivity index (χ2v) is 6.32. The molecule has 0 radical (unpaired) electrons. The summed E-state index contributed by atoms with van der Waals surface area (Å²) in [5.41, 5.74) is -0.0475. The van der Waals surface area contributed by atoms with Crippen LogP contribution >= 0.6 is 0 Å². The van der Waals surface area contributed by atoms with Crippen molar-refractivity contribution in [2.24, 2.45) is 5.14 Å². The third kappa shape index (κ3) is 4.12. The van der Waals surface area contributed by atoms with Gasteiger partial charge in [0.2, 0.25) is 10.0 Å². The van der Waals surface area contributed by atoms with E-state index in [1.807, 2.05) is 0 Å². The number of ether oxygens (including phenoxy) is 1. The number of nitrogens with one attached hydrogen (secondary N) is 1. The van der Waals surface area contributed by atoms with Gasteiger partial charge in [-0.3, -0.25) is 0 Å². The van der Waals surface area contributed by atoms with Crippen LogP contribution in [0.15, 0.2) is 60.0 Å². The highest BCUT2D eigenvalue weighted by molar-refractivity contribution is 7.89. The maximum atomic E-state index is 11.9. The molecular formula is C16H16N2O5S. The van der Waals surface area contributed by atoms with E-state index in [1.54, 1.807) is 30.3 Å². The van der Waals surface area contributed by atoms with Crippen LogP contribution in [0.1, 0.15) is 10.4 Å². The lowest BCUT2D eigenvalue weighted by Gasteiger charge is -2.16. The fourth-order valence-corrected chi connectivity index (χ4v) is 2.66. The van der Waals surface area contributed by atoms with Crippen LogP contribution in [0.5, 0.6) is 11.5 Å². The van der Waals surface area contributed by atoms with Gasteiger partial charge >= 0.3 is 5.97 Å². The fourth-order valence-electron chi connectivity index (χ4n) is 1.96. The summed E-state index contributed by atoms with van der Waals surface area (Å²) < 4.78 is 29.5. The van der Waals surface area contributed by atoms with Crippen LogP contribution in [0.3, 0.4) is 0 Å². The van der Waals surface area contributed by atoms with E-state index in [1.165, 1.54) is 12.1 Å². The van der Waals surface area contributed by atoms with Crippen LogP contribution in [0.2, 0.25) is 0 Å². The topological polar surface area (TPSA) is 119 Å². The first-order valence-electron chi connectivity index (χ1n) is 6.84. The molecule has 8 heteroatoms. The number of sulfonamides is 1. The largest absolute Gasteiger partial charge is 0.478 e. The molecule has 7 nitrogen and oxygen atoms in total. The molecule has 0 aliphatic rings. The number of primary sulfonamides is 1. The summed E-state index contributed by atoms with van der Waals surface area (Å²) in [5, 5.41) is 17.3. The fraction of sp³-hybridized carbons (Fsp3) is 0.0625. The lowest BCUT2D eigenvalue weighted by Crippen LogP contribution is -2.16. The molecule has 0 amide bonds. The molecule has 0 bridgehead atoms. The van der Waals surface area contributed by atoms with E-state index in [0.717, 1.165) is 6.07 Å². The Balaban J connectivity index is 2.66. The standard InChI is InChI=1S/C16H16N2O5S/c1-2-8-18-13-9-11(16(19)20)10-14(24(17,21)22)15(13)23-12-6-4-3-5-7-12/h2-7,9-10,18H,1,8H2,(H,19,20)(H2,17,21,22). The van der Waals surface area contributed by atoms with Gasteiger partial charge in [0.15, 0.2) is 5.75 Å². The second kappa shape index (κ2) is 7.16. The van der Waals surface area contributed by atoms with Crippen LogP contribution in [0.4, 0.5) is 5.69 Å². The minimum absolute atomic E-state index is 0.0736. The summed E-state index contributed by atoms with van der Waals surface area (Å²) in [7, 11) is -4.21. The zero-order chi connectivity index (χ0) is 17.7. The number of hydrogen-bond acceptors (Lipinski definition) is 5. The van der Waals surface area contributed by atoms with E-state index in [2.05, 4.69) is 11.9 Å². The van der Waals surface area contributed by atoms with Crippen LogP contribution in [-0.2, 0) is 10.0 Å². The minimum Gasteiger partial charge on any atom is -0.478 e. The van der Waals surface area contributed by atoms with Crippen LogP contribution in [0.25, 0.3) is 0 Å². The summed E-state index contributed by atoms with van der Waals surface area (Å²) >= 11 is 0. The maximum Gasteiger partial charge on any atom is 0.335 e. The average Bonchev–Trinajstić information content (AvgIpc) is 2.53. The third-order valence-electron chi connectivity index (χ3n) is 3.01. The number of aromatic carboxylic acids is 1. The second-order valence-electron chi connectivity index (χ2n) is 4.79. The summed E-state index contributed by atoms with van der Waals surface area (Å²) in [6.45, 7) is 3.83. The zero-order valence-electron chi connectivity index (χ0n) is 12.6. The van der Waals surface area contributed by atoms with Gasteiger partial charge in [-0.1, -0.05) is 24.3 Å². The third-order valence-corrected chi connectivity index (χ3v) is 3.92. The molecule has 126 valence electrons. The van der Waals surface area contributed by atoms with Crippen molar-refractivity contribution in [1.29, 1.82) is 0 Å². The molecule has 0 saturated heterocycles. The molecule has 4 N–H and O–H groups in total. The molecular weight excluding hydrogens is 332 g/mol. The van der Waals surface area contributed by atoms with E-state index in [4.69, 9.17) is 9.88 Å². The Morgan fingerprint density at radius 2 is 1.96 bits per heavy atom. The first kappa shape index (κ1) is 17.5. The highest BCUT2D eigenvalue weighted by Crippen LogP contribution is 2.37. The Hall–Kier alpha value is -2.84. The number of benzene rings is 2. The smallest absolute Gasteiger partial charge is 0.335 e. The highest BCUT2D eigenvalue weighted by atomic mass is 32.2. The van der Waals surface area contributed by atoms with Crippen LogP contribution in [0, 0.1) is 0 Å². The number of carboxylic acids is 1. The molecule has 0 saturated carbocycles. The van der Waals surface area contributed by atoms with Gasteiger partial charge in [-0.2, -0.15) is 0 Å². The Kier molecular flexibility index (Phi) is 5.22. The Labute approximate surface area is 139 Å². The van der Waals surface area contributed by atoms with Gasteiger partial charge < -0.3 is 15.2 Å². The van der Waals surface area contributed by atoms with Gasteiger partial charge in [0.1, 0.15) is 10.6 Å². The molecule has 2 aromatic rings. The average molecular weight is 348 g/mol. The van der Waals surface area contributed by atoms with Crippen molar-refractivity contribution in [2.75, 3.05) is 11.9 Å². The quantitative estimate of drug-likeness (QED) is 0.661. The monoisotopic (exact) mass is 348 g/mol. The maximum absolute atomic E-state index is 11.9. The molecule has 0 aromatic heterocycles. The van der Waals surface area contributed by atoms with E-state index in [-0.39, 0.29) is 23.5 Å². The zero-order valence-corrected chi connectivity index (χ0v) is 13.4. The molecule has 0 spiro atoms. The number of hydrogen-bond donors (Lipinski definition) is 3. The normalized spacial score (nSPS) is 10.9. The Morgan fingerprint density at radius 1 is 1.29 bits per heavy atom. The molecule has 0 atom stereocenters. The molecule has 0 fully saturated rings. The summed E-state index contributed by atoms with van der Waals surface area (Å²) in [6.07, 6.45) is 1.54. The van der Waals surface area contributed by atoms with Crippen molar-refractivity contribution in [3.05, 3.63) is 60.7 Å². The lowest BCUT2D eigenvalue weighted by molar-refractivity contribution is 0.0696. The van der Waals surface area contributed by atoms with E-state index in [9.17, 15) is 18.3 Å². The van der Waals surface area contributed by atoms with Gasteiger partial charge in [-0.15, -0.1) is 6.58 Å². The molecule has 2 aromatic carbocycles. The summed E-state index contributed by atoms with van der Waals surface area (Å²) in [4.78, 5) is 10.8. The van der Waals surface area contributed by atoms with Crippen molar-refractivity contribution in [3.63, 3.8) is 0 Å². The number of carbonyl (C=O) groups is 1. The first-order valence-corrected chi connectivity index (χ1v) is 8.39. The van der Waals surface area contributed by atoms with Gasteiger partial charge in [0.25, 0.3) is 0 Å². The van der Waals surface area contributed by atoms with Gasteiger partial charge in [-0.25, -0.2) is 18.4 Å². The van der Waals surface area contributed by atoms with E-state index in [0.29, 0.717) is 5.75 Å². The molecule has 24 heavy (non-hydrogen) atoms. The number of anilines is 1. The number of nitrogens with two attached hydrogens (primary N) is 1. The van der Waals surface area contributed by atoms with Crippen LogP contribution in [-0.4, -0.2) is 26.0 Å². The molecule has 0 aliphatic heterocycles.